The Hall–Kier alpha value is -2.56. The zero-order valence-corrected chi connectivity index (χ0v) is 12.3. The lowest BCUT2D eigenvalue weighted by atomic mass is 10.1. The maximum atomic E-state index is 10.6. The Morgan fingerprint density at radius 1 is 1.19 bits per heavy atom. The van der Waals surface area contributed by atoms with Crippen molar-refractivity contribution in [3.63, 3.8) is 0 Å². The van der Waals surface area contributed by atoms with E-state index in [1.165, 1.54) is 12.1 Å². The molecular weight excluding hydrogens is 268 g/mol. The molecule has 0 bridgehead atoms. The first-order valence-electron chi connectivity index (χ1n) is 6.67. The monoisotopic (exact) mass is 286 g/mol. The van der Waals surface area contributed by atoms with Crippen LogP contribution in [-0.2, 0) is 0 Å². The molecule has 0 spiro atoms. The standard InChI is InChI=1S/C16H18N2O3/c1-11-10-14(6-9-16(11)21-3)17-12(2)13-4-7-15(8-5-13)18(19)20/h4-10,12,17H,1-3H3. The van der Waals surface area contributed by atoms with Crippen molar-refractivity contribution in [1.82, 2.24) is 0 Å². The van der Waals surface area contributed by atoms with E-state index >= 15 is 0 Å². The molecule has 0 heterocycles. The van der Waals surface area contributed by atoms with Gasteiger partial charge >= 0.3 is 0 Å². The summed E-state index contributed by atoms with van der Waals surface area (Å²) in [7, 11) is 1.65. The molecular formula is C16H18N2O3. The second-order valence-corrected chi connectivity index (χ2v) is 4.90. The summed E-state index contributed by atoms with van der Waals surface area (Å²) in [5, 5.41) is 14.0. The Bertz CT molecular complexity index is 638. The van der Waals surface area contributed by atoms with E-state index in [0.29, 0.717) is 0 Å². The quantitative estimate of drug-likeness (QED) is 0.664. The number of benzene rings is 2. The second kappa shape index (κ2) is 6.26. The van der Waals surface area contributed by atoms with E-state index in [1.54, 1.807) is 19.2 Å². The Labute approximate surface area is 123 Å². The average Bonchev–Trinajstić information content (AvgIpc) is 2.47. The third kappa shape index (κ3) is 3.51. The van der Waals surface area contributed by atoms with Gasteiger partial charge in [-0.2, -0.15) is 0 Å². The van der Waals surface area contributed by atoms with Crippen molar-refractivity contribution >= 4 is 11.4 Å². The third-order valence-electron chi connectivity index (χ3n) is 3.38. The van der Waals surface area contributed by atoms with Gasteiger partial charge in [-0.1, -0.05) is 12.1 Å². The number of ether oxygens (including phenoxy) is 1. The number of hydrogen-bond donors (Lipinski definition) is 1. The van der Waals surface area contributed by atoms with Gasteiger partial charge in [0.2, 0.25) is 0 Å². The van der Waals surface area contributed by atoms with Crippen molar-refractivity contribution in [1.29, 1.82) is 0 Å². The van der Waals surface area contributed by atoms with Crippen LogP contribution in [0.2, 0.25) is 0 Å². The number of rotatable bonds is 5. The minimum Gasteiger partial charge on any atom is -0.496 e. The van der Waals surface area contributed by atoms with Crippen molar-refractivity contribution in [3.8, 4) is 5.75 Å². The molecule has 1 N–H and O–H groups in total. The van der Waals surface area contributed by atoms with Crippen LogP contribution in [0.1, 0.15) is 24.1 Å². The summed E-state index contributed by atoms with van der Waals surface area (Å²) in [6.07, 6.45) is 0. The minimum atomic E-state index is -0.394. The van der Waals surface area contributed by atoms with Crippen molar-refractivity contribution in [2.24, 2.45) is 0 Å². The fourth-order valence-electron chi connectivity index (χ4n) is 2.19. The van der Waals surface area contributed by atoms with Crippen LogP contribution in [0, 0.1) is 17.0 Å². The molecule has 21 heavy (non-hydrogen) atoms. The van der Waals surface area contributed by atoms with Crippen LogP contribution in [0.15, 0.2) is 42.5 Å². The Morgan fingerprint density at radius 3 is 2.38 bits per heavy atom. The van der Waals surface area contributed by atoms with E-state index in [0.717, 1.165) is 22.6 Å². The molecule has 1 unspecified atom stereocenters. The highest BCUT2D eigenvalue weighted by Gasteiger charge is 2.09. The summed E-state index contributed by atoms with van der Waals surface area (Å²) >= 11 is 0. The van der Waals surface area contributed by atoms with Crippen LogP contribution >= 0.6 is 0 Å². The maximum absolute atomic E-state index is 10.6. The molecule has 0 saturated carbocycles. The topological polar surface area (TPSA) is 64.4 Å². The highest BCUT2D eigenvalue weighted by Crippen LogP contribution is 2.25. The summed E-state index contributed by atoms with van der Waals surface area (Å²) in [6.45, 7) is 4.00. The zero-order chi connectivity index (χ0) is 15.4. The molecule has 5 nitrogen and oxygen atoms in total. The van der Waals surface area contributed by atoms with Gasteiger partial charge in [0, 0.05) is 23.9 Å². The summed E-state index contributed by atoms with van der Waals surface area (Å²) in [5.41, 5.74) is 3.14. The molecule has 0 aliphatic rings. The molecule has 0 aliphatic carbocycles. The van der Waals surface area contributed by atoms with Gasteiger partial charge in [0.05, 0.1) is 12.0 Å². The number of hydrogen-bond acceptors (Lipinski definition) is 4. The van der Waals surface area contributed by atoms with Gasteiger partial charge in [-0.05, 0) is 43.2 Å². The first kappa shape index (κ1) is 14.8. The number of non-ortho nitro benzene ring substituents is 1. The molecule has 0 saturated heterocycles. The van der Waals surface area contributed by atoms with Crippen LogP contribution in [-0.4, -0.2) is 12.0 Å². The van der Waals surface area contributed by atoms with Gasteiger partial charge in [0.25, 0.3) is 5.69 Å². The van der Waals surface area contributed by atoms with Gasteiger partial charge in [-0.3, -0.25) is 10.1 Å². The first-order chi connectivity index (χ1) is 10.0. The van der Waals surface area contributed by atoms with Crippen molar-refractivity contribution in [2.45, 2.75) is 19.9 Å². The van der Waals surface area contributed by atoms with E-state index in [9.17, 15) is 10.1 Å². The van der Waals surface area contributed by atoms with E-state index in [-0.39, 0.29) is 11.7 Å². The SMILES string of the molecule is COc1ccc(NC(C)c2ccc([N+](=O)[O-])cc2)cc1C. The summed E-state index contributed by atoms with van der Waals surface area (Å²) < 4.78 is 5.23. The normalized spacial score (nSPS) is 11.8. The van der Waals surface area contributed by atoms with Crippen molar-refractivity contribution in [3.05, 3.63) is 63.7 Å². The Kier molecular flexibility index (Phi) is 4.42. The predicted molar refractivity (Wildman–Crippen MR) is 82.9 cm³/mol. The lowest BCUT2D eigenvalue weighted by Crippen LogP contribution is -2.06. The number of nitrogens with zero attached hydrogens (tertiary/aromatic N) is 1. The van der Waals surface area contributed by atoms with Crippen molar-refractivity contribution < 1.29 is 9.66 Å². The summed E-state index contributed by atoms with van der Waals surface area (Å²) in [6, 6.07) is 12.5. The number of aryl methyl sites for hydroxylation is 1. The molecule has 0 aliphatic heterocycles. The highest BCUT2D eigenvalue weighted by atomic mass is 16.6. The predicted octanol–water partition coefficient (Wildman–Crippen LogP) is 4.08. The molecule has 1 atom stereocenters. The maximum Gasteiger partial charge on any atom is 0.269 e. The van der Waals surface area contributed by atoms with Crippen LogP contribution in [0.4, 0.5) is 11.4 Å². The molecule has 0 aromatic heterocycles. The van der Waals surface area contributed by atoms with Gasteiger partial charge < -0.3 is 10.1 Å². The molecule has 2 rings (SSSR count). The third-order valence-corrected chi connectivity index (χ3v) is 3.38. The fraction of sp³-hybridized carbons (Fsp3) is 0.250. The number of anilines is 1. The second-order valence-electron chi connectivity index (χ2n) is 4.90. The average molecular weight is 286 g/mol. The number of methoxy groups -OCH3 is 1. The summed E-state index contributed by atoms with van der Waals surface area (Å²) in [4.78, 5) is 10.3. The molecule has 5 heteroatoms. The minimum absolute atomic E-state index is 0.0543. The molecule has 0 radical (unpaired) electrons. The van der Waals surface area contributed by atoms with Crippen molar-refractivity contribution in [2.75, 3.05) is 12.4 Å². The Balaban J connectivity index is 2.12. The molecule has 2 aromatic rings. The van der Waals surface area contributed by atoms with Crippen LogP contribution in [0.25, 0.3) is 0 Å². The molecule has 110 valence electrons. The smallest absolute Gasteiger partial charge is 0.269 e. The zero-order valence-electron chi connectivity index (χ0n) is 12.3. The van der Waals surface area contributed by atoms with Crippen LogP contribution < -0.4 is 10.1 Å². The number of nitrogens with one attached hydrogen (secondary N) is 1. The van der Waals surface area contributed by atoms with Gasteiger partial charge in [0.15, 0.2) is 0 Å². The fourth-order valence-corrected chi connectivity index (χ4v) is 2.19. The summed E-state index contributed by atoms with van der Waals surface area (Å²) in [5.74, 6) is 0.850. The Morgan fingerprint density at radius 2 is 1.86 bits per heavy atom. The van der Waals surface area contributed by atoms with Crippen LogP contribution in [0.3, 0.4) is 0 Å². The first-order valence-corrected chi connectivity index (χ1v) is 6.67. The van der Waals surface area contributed by atoms with Crippen LogP contribution in [0.5, 0.6) is 5.75 Å². The van der Waals surface area contributed by atoms with Gasteiger partial charge in [0.1, 0.15) is 5.75 Å². The number of nitro groups is 1. The lowest BCUT2D eigenvalue weighted by Gasteiger charge is -2.16. The highest BCUT2D eigenvalue weighted by molar-refractivity contribution is 5.52. The van der Waals surface area contributed by atoms with E-state index in [4.69, 9.17) is 4.74 Å². The van der Waals surface area contributed by atoms with E-state index in [1.807, 2.05) is 32.0 Å². The van der Waals surface area contributed by atoms with E-state index in [2.05, 4.69) is 5.32 Å². The molecule has 0 amide bonds. The molecule has 0 fully saturated rings. The molecule has 2 aromatic carbocycles. The largest absolute Gasteiger partial charge is 0.496 e. The lowest BCUT2D eigenvalue weighted by molar-refractivity contribution is -0.384. The number of nitro benzene ring substituents is 1. The van der Waals surface area contributed by atoms with Gasteiger partial charge in [-0.25, -0.2) is 0 Å². The van der Waals surface area contributed by atoms with E-state index < -0.39 is 4.92 Å². The van der Waals surface area contributed by atoms with Gasteiger partial charge in [-0.15, -0.1) is 0 Å².